The molecule has 0 saturated heterocycles. The quantitative estimate of drug-likeness (QED) is 0.719. The molecule has 1 heterocycles. The molecule has 12 heavy (non-hydrogen) atoms. The predicted octanol–water partition coefficient (Wildman–Crippen LogP) is 1.43. The predicted molar refractivity (Wildman–Crippen MR) is 46.4 cm³/mol. The second kappa shape index (κ2) is 3.74. The van der Waals surface area contributed by atoms with Gasteiger partial charge >= 0.3 is 0 Å². The molecule has 0 radical (unpaired) electrons. The summed E-state index contributed by atoms with van der Waals surface area (Å²) in [6.45, 7) is 4.00. The summed E-state index contributed by atoms with van der Waals surface area (Å²) in [6.07, 6.45) is 0. The zero-order chi connectivity index (χ0) is 9.14. The van der Waals surface area contributed by atoms with Crippen LogP contribution in [0.2, 0.25) is 0 Å². The molecule has 0 fully saturated rings. The van der Waals surface area contributed by atoms with Crippen LogP contribution in [0.4, 0.5) is 0 Å². The fourth-order valence-corrected chi connectivity index (χ4v) is 0.987. The first-order valence-electron chi connectivity index (χ1n) is 4.10. The normalized spacial score (nSPS) is 13.8. The first-order valence-corrected chi connectivity index (χ1v) is 4.10. The lowest BCUT2D eigenvalue weighted by Crippen LogP contribution is -2.15. The van der Waals surface area contributed by atoms with Crippen molar-refractivity contribution in [2.24, 2.45) is 11.7 Å². The van der Waals surface area contributed by atoms with Crippen molar-refractivity contribution in [1.29, 1.82) is 0 Å². The molecule has 68 valence electrons. The molecule has 3 heteroatoms. The third-order valence-electron chi connectivity index (χ3n) is 1.89. The number of furan rings is 1. The van der Waals surface area contributed by atoms with Gasteiger partial charge in [-0.1, -0.05) is 13.8 Å². The van der Waals surface area contributed by atoms with Crippen LogP contribution in [0.3, 0.4) is 0 Å². The molecule has 0 bridgehead atoms. The molecule has 1 unspecified atom stereocenters. The Bertz CT molecular complexity index is 242. The highest BCUT2D eigenvalue weighted by Gasteiger charge is 2.13. The fraction of sp³-hybridized carbons (Fsp3) is 0.556. The lowest BCUT2D eigenvalue weighted by molar-refractivity contribution is 0.239. The fourth-order valence-electron chi connectivity index (χ4n) is 0.987. The summed E-state index contributed by atoms with van der Waals surface area (Å²) < 4.78 is 5.28. The maximum Gasteiger partial charge on any atom is 0.129 e. The summed E-state index contributed by atoms with van der Waals surface area (Å²) in [6, 6.07) is 3.48. The third-order valence-corrected chi connectivity index (χ3v) is 1.89. The number of aliphatic hydroxyl groups is 1. The Balaban J connectivity index is 2.74. The van der Waals surface area contributed by atoms with Gasteiger partial charge in [-0.05, 0) is 18.1 Å². The average molecular weight is 169 g/mol. The monoisotopic (exact) mass is 169 g/mol. The highest BCUT2D eigenvalue weighted by Crippen LogP contribution is 2.20. The minimum Gasteiger partial charge on any atom is -0.462 e. The maximum absolute atomic E-state index is 8.74. The second-order valence-corrected chi connectivity index (χ2v) is 3.23. The number of aliphatic hydroxyl groups excluding tert-OH is 1. The van der Waals surface area contributed by atoms with Crippen LogP contribution in [0.1, 0.15) is 31.4 Å². The number of hydrogen-bond donors (Lipinski definition) is 2. The van der Waals surface area contributed by atoms with Gasteiger partial charge in [0.2, 0.25) is 0 Å². The van der Waals surface area contributed by atoms with Crippen LogP contribution in [-0.2, 0) is 6.61 Å². The van der Waals surface area contributed by atoms with Crippen LogP contribution in [0, 0.1) is 5.92 Å². The summed E-state index contributed by atoms with van der Waals surface area (Å²) in [5.74, 6) is 1.66. The van der Waals surface area contributed by atoms with Crippen LogP contribution in [-0.4, -0.2) is 5.11 Å². The Morgan fingerprint density at radius 3 is 2.58 bits per heavy atom. The van der Waals surface area contributed by atoms with E-state index in [1.54, 1.807) is 6.07 Å². The van der Waals surface area contributed by atoms with Crippen LogP contribution in [0.5, 0.6) is 0 Å². The van der Waals surface area contributed by atoms with Gasteiger partial charge in [-0.25, -0.2) is 0 Å². The summed E-state index contributed by atoms with van der Waals surface area (Å²) in [7, 11) is 0. The van der Waals surface area contributed by atoms with E-state index in [9.17, 15) is 0 Å². The Kier molecular flexibility index (Phi) is 2.89. The standard InChI is InChI=1S/C9H15NO2/c1-6(2)9(10)8-4-3-7(5-11)12-8/h3-4,6,9,11H,5,10H2,1-2H3. The lowest BCUT2D eigenvalue weighted by Gasteiger charge is -2.11. The van der Waals surface area contributed by atoms with Gasteiger partial charge in [0.1, 0.15) is 18.1 Å². The van der Waals surface area contributed by atoms with E-state index in [0.29, 0.717) is 11.7 Å². The first kappa shape index (κ1) is 9.29. The number of nitrogens with two attached hydrogens (primary N) is 1. The lowest BCUT2D eigenvalue weighted by atomic mass is 10.0. The van der Waals surface area contributed by atoms with Gasteiger partial charge in [0.15, 0.2) is 0 Å². The van der Waals surface area contributed by atoms with E-state index in [1.807, 2.05) is 19.9 Å². The van der Waals surface area contributed by atoms with E-state index in [4.69, 9.17) is 15.3 Å². The van der Waals surface area contributed by atoms with E-state index in [1.165, 1.54) is 0 Å². The summed E-state index contributed by atoms with van der Waals surface area (Å²) in [4.78, 5) is 0. The summed E-state index contributed by atoms with van der Waals surface area (Å²) >= 11 is 0. The van der Waals surface area contributed by atoms with Gasteiger partial charge in [-0.2, -0.15) is 0 Å². The minimum atomic E-state index is -0.0784. The molecular formula is C9H15NO2. The van der Waals surface area contributed by atoms with Crippen molar-refractivity contribution in [3.63, 3.8) is 0 Å². The second-order valence-electron chi connectivity index (χ2n) is 3.23. The molecule has 0 spiro atoms. The molecule has 1 rings (SSSR count). The molecule has 1 aromatic rings. The average Bonchev–Trinajstić information content (AvgIpc) is 2.50. The van der Waals surface area contributed by atoms with Crippen molar-refractivity contribution in [3.8, 4) is 0 Å². The van der Waals surface area contributed by atoms with Crippen LogP contribution < -0.4 is 5.73 Å². The third kappa shape index (κ3) is 1.87. The molecule has 0 aromatic carbocycles. The zero-order valence-corrected chi connectivity index (χ0v) is 7.45. The van der Waals surface area contributed by atoms with Gasteiger partial charge in [0, 0.05) is 0 Å². The molecule has 3 N–H and O–H groups in total. The molecule has 0 saturated carbocycles. The summed E-state index contributed by atoms with van der Waals surface area (Å²) in [5, 5.41) is 8.74. The molecule has 0 aliphatic carbocycles. The van der Waals surface area contributed by atoms with E-state index in [2.05, 4.69) is 0 Å². The van der Waals surface area contributed by atoms with Crippen LogP contribution >= 0.6 is 0 Å². The highest BCUT2D eigenvalue weighted by molar-refractivity contribution is 5.10. The highest BCUT2D eigenvalue weighted by atomic mass is 16.4. The SMILES string of the molecule is CC(C)C(N)c1ccc(CO)o1. The van der Waals surface area contributed by atoms with Gasteiger partial charge < -0.3 is 15.3 Å². The van der Waals surface area contributed by atoms with Crippen molar-refractivity contribution in [1.82, 2.24) is 0 Å². The number of rotatable bonds is 3. The smallest absolute Gasteiger partial charge is 0.129 e. The van der Waals surface area contributed by atoms with E-state index < -0.39 is 0 Å². The first-order chi connectivity index (χ1) is 5.65. The van der Waals surface area contributed by atoms with E-state index in [-0.39, 0.29) is 12.6 Å². The Hall–Kier alpha value is -0.800. The molecule has 1 atom stereocenters. The van der Waals surface area contributed by atoms with Crippen molar-refractivity contribution in [2.45, 2.75) is 26.5 Å². The maximum atomic E-state index is 8.74. The number of hydrogen-bond acceptors (Lipinski definition) is 3. The minimum absolute atomic E-state index is 0.0647. The molecule has 3 nitrogen and oxygen atoms in total. The Morgan fingerprint density at radius 2 is 2.17 bits per heavy atom. The largest absolute Gasteiger partial charge is 0.462 e. The van der Waals surface area contributed by atoms with Gasteiger partial charge in [0.05, 0.1) is 6.04 Å². The van der Waals surface area contributed by atoms with E-state index in [0.717, 1.165) is 5.76 Å². The van der Waals surface area contributed by atoms with Crippen molar-refractivity contribution >= 4 is 0 Å². The van der Waals surface area contributed by atoms with E-state index >= 15 is 0 Å². The molecule has 1 aromatic heterocycles. The summed E-state index contributed by atoms with van der Waals surface area (Å²) in [5.41, 5.74) is 5.83. The van der Waals surface area contributed by atoms with Crippen molar-refractivity contribution in [3.05, 3.63) is 23.7 Å². The van der Waals surface area contributed by atoms with Crippen molar-refractivity contribution in [2.75, 3.05) is 0 Å². The van der Waals surface area contributed by atoms with Crippen molar-refractivity contribution < 1.29 is 9.52 Å². The van der Waals surface area contributed by atoms with Crippen LogP contribution in [0.15, 0.2) is 16.5 Å². The zero-order valence-electron chi connectivity index (χ0n) is 7.45. The molecule has 0 aliphatic heterocycles. The molecular weight excluding hydrogens is 154 g/mol. The van der Waals surface area contributed by atoms with Gasteiger partial charge in [-0.15, -0.1) is 0 Å². The molecule has 0 amide bonds. The van der Waals surface area contributed by atoms with Gasteiger partial charge in [-0.3, -0.25) is 0 Å². The van der Waals surface area contributed by atoms with Gasteiger partial charge in [0.25, 0.3) is 0 Å². The van der Waals surface area contributed by atoms with Crippen LogP contribution in [0.25, 0.3) is 0 Å². The topological polar surface area (TPSA) is 59.4 Å². The Morgan fingerprint density at radius 1 is 1.50 bits per heavy atom. The Labute approximate surface area is 72.2 Å². The molecule has 0 aliphatic rings.